The highest BCUT2D eigenvalue weighted by Crippen LogP contribution is 2.28. The molecule has 1 aromatic carbocycles. The lowest BCUT2D eigenvalue weighted by atomic mass is 9.94. The first kappa shape index (κ1) is 21.6. The van der Waals surface area contributed by atoms with Gasteiger partial charge in [0.15, 0.2) is 0 Å². The zero-order chi connectivity index (χ0) is 21.2. The highest BCUT2D eigenvalue weighted by atomic mass is 32.2. The van der Waals surface area contributed by atoms with Gasteiger partial charge in [0.05, 0.1) is 11.7 Å². The van der Waals surface area contributed by atoms with Crippen molar-refractivity contribution >= 4 is 44.7 Å². The van der Waals surface area contributed by atoms with Gasteiger partial charge in [0.2, 0.25) is 15.9 Å². The van der Waals surface area contributed by atoms with E-state index in [1.807, 2.05) is 6.92 Å². The van der Waals surface area contributed by atoms with Gasteiger partial charge in [-0.2, -0.15) is 13.1 Å². The third-order valence-electron chi connectivity index (χ3n) is 5.47. The Bertz CT molecular complexity index is 999. The first-order chi connectivity index (χ1) is 13.8. The van der Waals surface area contributed by atoms with E-state index in [4.69, 9.17) is 0 Å². The number of nitrogens with one attached hydrogen (secondary N) is 1. The molecule has 0 radical (unpaired) electrons. The minimum atomic E-state index is -3.75. The number of rotatable bonds is 7. The molecule has 1 aliphatic heterocycles. The molecule has 29 heavy (non-hydrogen) atoms. The Kier molecular flexibility index (Phi) is 6.49. The molecule has 0 saturated carbocycles. The normalized spacial score (nSPS) is 18.4. The fraction of sp³-hybridized carbons (Fsp3) is 0.556. The van der Waals surface area contributed by atoms with E-state index in [0.717, 1.165) is 11.7 Å². The molecule has 0 spiro atoms. The number of fused-ring (bicyclic) bond motifs is 1. The zero-order valence-electron chi connectivity index (χ0n) is 16.2. The average Bonchev–Trinajstić information content (AvgIpc) is 3.19. The molecule has 1 saturated heterocycles. The van der Waals surface area contributed by atoms with Crippen molar-refractivity contribution in [2.45, 2.75) is 44.0 Å². The summed E-state index contributed by atoms with van der Waals surface area (Å²) in [5.41, 5.74) is 0.894. The van der Waals surface area contributed by atoms with Crippen LogP contribution in [-0.2, 0) is 19.6 Å². The van der Waals surface area contributed by atoms with Crippen molar-refractivity contribution in [1.82, 2.24) is 18.4 Å². The molecule has 11 heteroatoms. The third kappa shape index (κ3) is 4.41. The summed E-state index contributed by atoms with van der Waals surface area (Å²) in [5, 5.41) is 12.0. The molecule has 3 rings (SSSR count). The summed E-state index contributed by atoms with van der Waals surface area (Å²) in [6.07, 6.45) is 1.30. The summed E-state index contributed by atoms with van der Waals surface area (Å²) in [6, 6.07) is 3.92. The van der Waals surface area contributed by atoms with Gasteiger partial charge in [0.1, 0.15) is 22.0 Å². The maximum Gasteiger partial charge on any atom is 0.326 e. The van der Waals surface area contributed by atoms with Crippen LogP contribution in [0.25, 0.3) is 11.0 Å². The van der Waals surface area contributed by atoms with Crippen molar-refractivity contribution in [3.8, 4) is 0 Å². The fourth-order valence-corrected chi connectivity index (χ4v) is 5.66. The molecule has 0 unspecified atom stereocenters. The molecule has 9 nitrogen and oxygen atoms in total. The first-order valence-electron chi connectivity index (χ1n) is 9.50. The van der Waals surface area contributed by atoms with Crippen LogP contribution in [-0.4, -0.2) is 57.6 Å². The van der Waals surface area contributed by atoms with E-state index in [1.54, 1.807) is 19.1 Å². The smallest absolute Gasteiger partial charge is 0.326 e. The minimum Gasteiger partial charge on any atom is -0.480 e. The van der Waals surface area contributed by atoms with Gasteiger partial charge in [-0.25, -0.2) is 13.2 Å². The van der Waals surface area contributed by atoms with E-state index in [0.29, 0.717) is 30.3 Å². The highest BCUT2D eigenvalue weighted by molar-refractivity contribution is 7.89. The first-order valence-corrected chi connectivity index (χ1v) is 11.7. The second kappa shape index (κ2) is 8.72. The monoisotopic (exact) mass is 440 g/mol. The number of piperidine rings is 1. The van der Waals surface area contributed by atoms with Gasteiger partial charge in [0.25, 0.3) is 0 Å². The number of nitrogens with zero attached hydrogens (tertiary/aromatic N) is 3. The summed E-state index contributed by atoms with van der Waals surface area (Å²) < 4.78 is 35.7. The number of amides is 1. The molecule has 1 aliphatic rings. The standard InChI is InChI=1S/C18H24N4O5S2/c1-3-11(2)15(18(24)25)19-17(23)12-7-9-22(10-8-12)29(26,27)14-6-4-5-13-16(14)21-28-20-13/h4-6,11-12,15H,3,7-10H2,1-2H3,(H,19,23)(H,24,25)/t11-,15+/m1/s1. The number of carboxylic acids is 1. The zero-order valence-corrected chi connectivity index (χ0v) is 17.9. The lowest BCUT2D eigenvalue weighted by Gasteiger charge is -2.31. The predicted molar refractivity (Wildman–Crippen MR) is 108 cm³/mol. The summed E-state index contributed by atoms with van der Waals surface area (Å²) in [4.78, 5) is 24.1. The fourth-order valence-electron chi connectivity index (χ4n) is 3.44. The number of benzene rings is 1. The Labute approximate surface area is 173 Å². The molecule has 1 fully saturated rings. The number of hydrogen-bond acceptors (Lipinski definition) is 7. The van der Waals surface area contributed by atoms with Crippen LogP contribution in [0.4, 0.5) is 0 Å². The maximum absolute atomic E-state index is 13.1. The van der Waals surface area contributed by atoms with Gasteiger partial charge in [-0.1, -0.05) is 26.3 Å². The molecule has 0 aliphatic carbocycles. The summed E-state index contributed by atoms with van der Waals surface area (Å²) in [5.74, 6) is -1.99. The molecular weight excluding hydrogens is 416 g/mol. The SMILES string of the molecule is CC[C@@H](C)[C@H](NC(=O)C1CCN(S(=O)(=O)c2cccc3nsnc23)CC1)C(=O)O. The number of carboxylic acid groups (broad SMARTS) is 1. The molecule has 0 bridgehead atoms. The van der Waals surface area contributed by atoms with Crippen molar-refractivity contribution in [1.29, 1.82) is 0 Å². The van der Waals surface area contributed by atoms with E-state index in [9.17, 15) is 23.1 Å². The van der Waals surface area contributed by atoms with Gasteiger partial charge in [-0.3, -0.25) is 4.79 Å². The van der Waals surface area contributed by atoms with E-state index >= 15 is 0 Å². The lowest BCUT2D eigenvalue weighted by Crippen LogP contribution is -2.49. The van der Waals surface area contributed by atoms with Crippen LogP contribution in [0.3, 0.4) is 0 Å². The highest BCUT2D eigenvalue weighted by Gasteiger charge is 2.35. The molecule has 2 atom stereocenters. The van der Waals surface area contributed by atoms with E-state index in [2.05, 4.69) is 14.1 Å². The van der Waals surface area contributed by atoms with E-state index < -0.39 is 28.0 Å². The van der Waals surface area contributed by atoms with Crippen LogP contribution >= 0.6 is 11.7 Å². The molecule has 2 aromatic rings. The predicted octanol–water partition coefficient (Wildman–Crippen LogP) is 1.71. The lowest BCUT2D eigenvalue weighted by molar-refractivity contribution is -0.144. The third-order valence-corrected chi connectivity index (χ3v) is 7.94. The second-order valence-corrected chi connectivity index (χ2v) is 9.71. The topological polar surface area (TPSA) is 130 Å². The second-order valence-electron chi connectivity index (χ2n) is 7.28. The van der Waals surface area contributed by atoms with Crippen molar-refractivity contribution < 1.29 is 23.1 Å². The number of carbonyl (C=O) groups excluding carboxylic acids is 1. The Morgan fingerprint density at radius 2 is 2.00 bits per heavy atom. The van der Waals surface area contributed by atoms with Crippen molar-refractivity contribution in [2.24, 2.45) is 11.8 Å². The quantitative estimate of drug-likeness (QED) is 0.670. The molecule has 1 aromatic heterocycles. The maximum atomic E-state index is 13.1. The summed E-state index contributed by atoms with van der Waals surface area (Å²) in [7, 11) is -3.75. The van der Waals surface area contributed by atoms with Crippen LogP contribution in [0.15, 0.2) is 23.1 Å². The van der Waals surface area contributed by atoms with Crippen LogP contribution in [0.1, 0.15) is 33.1 Å². The number of aromatic nitrogens is 2. The van der Waals surface area contributed by atoms with E-state index in [1.165, 1.54) is 10.4 Å². The van der Waals surface area contributed by atoms with Crippen molar-refractivity contribution in [3.05, 3.63) is 18.2 Å². The number of aliphatic carboxylic acids is 1. The van der Waals surface area contributed by atoms with Gasteiger partial charge < -0.3 is 10.4 Å². The van der Waals surface area contributed by atoms with Crippen molar-refractivity contribution in [3.63, 3.8) is 0 Å². The van der Waals surface area contributed by atoms with Gasteiger partial charge >= 0.3 is 5.97 Å². The van der Waals surface area contributed by atoms with Crippen LogP contribution in [0.5, 0.6) is 0 Å². The Morgan fingerprint density at radius 3 is 2.62 bits per heavy atom. The Hall–Kier alpha value is -2.11. The van der Waals surface area contributed by atoms with Gasteiger partial charge in [-0.15, -0.1) is 0 Å². The molecule has 2 heterocycles. The van der Waals surface area contributed by atoms with Gasteiger partial charge in [0, 0.05) is 19.0 Å². The number of hydrogen-bond donors (Lipinski definition) is 2. The summed E-state index contributed by atoms with van der Waals surface area (Å²) in [6.45, 7) is 4.03. The van der Waals surface area contributed by atoms with Crippen LogP contribution < -0.4 is 5.32 Å². The number of sulfonamides is 1. The molecule has 1 amide bonds. The molecular formula is C18H24N4O5S2. The Morgan fingerprint density at radius 1 is 1.31 bits per heavy atom. The minimum absolute atomic E-state index is 0.120. The average molecular weight is 441 g/mol. The van der Waals surface area contributed by atoms with Crippen LogP contribution in [0, 0.1) is 11.8 Å². The van der Waals surface area contributed by atoms with Crippen molar-refractivity contribution in [2.75, 3.05) is 13.1 Å². The number of carbonyl (C=O) groups is 2. The van der Waals surface area contributed by atoms with E-state index in [-0.39, 0.29) is 29.8 Å². The molecule has 158 valence electrons. The van der Waals surface area contributed by atoms with Crippen LogP contribution in [0.2, 0.25) is 0 Å². The Balaban J connectivity index is 1.68. The summed E-state index contributed by atoms with van der Waals surface area (Å²) >= 11 is 0.962. The largest absolute Gasteiger partial charge is 0.480 e. The van der Waals surface area contributed by atoms with Gasteiger partial charge in [-0.05, 0) is 30.9 Å². The molecule has 2 N–H and O–H groups in total.